The third-order valence-electron chi connectivity index (χ3n) is 2.25. The maximum absolute atomic E-state index is 10.7. The van der Waals surface area contributed by atoms with Crippen molar-refractivity contribution in [3.05, 3.63) is 57.6 Å². The van der Waals surface area contributed by atoms with Gasteiger partial charge in [-0.1, -0.05) is 11.6 Å². The van der Waals surface area contributed by atoms with E-state index in [1.807, 2.05) is 0 Å². The number of hydrogen-bond acceptors (Lipinski definition) is 4. The van der Waals surface area contributed by atoms with Crippen molar-refractivity contribution in [2.45, 2.75) is 0 Å². The molecule has 2 aromatic carbocycles. The van der Waals surface area contributed by atoms with E-state index in [4.69, 9.17) is 22.1 Å². The molecule has 0 atom stereocenters. The first-order valence-electron chi connectivity index (χ1n) is 5.03. The summed E-state index contributed by atoms with van der Waals surface area (Å²) in [5, 5.41) is 11.3. The zero-order chi connectivity index (χ0) is 13.1. The molecule has 2 rings (SSSR count). The molecule has 0 saturated carbocycles. The Morgan fingerprint density at radius 3 is 2.33 bits per heavy atom. The normalized spacial score (nSPS) is 10.1. The van der Waals surface area contributed by atoms with Crippen LogP contribution >= 0.6 is 11.6 Å². The molecular weight excluding hydrogens is 256 g/mol. The molecule has 2 aromatic rings. The standard InChI is InChI=1S/C12H9ClN2O3/c13-8-1-3-9(4-2-8)18-10-5-6-11(14)12(7-10)15(16)17/h1-7H,14H2. The molecule has 92 valence electrons. The van der Waals surface area contributed by atoms with Crippen molar-refractivity contribution in [3.8, 4) is 11.5 Å². The number of rotatable bonds is 3. The SMILES string of the molecule is Nc1ccc(Oc2ccc(Cl)cc2)cc1[N+](=O)[O-]. The average molecular weight is 265 g/mol. The number of hydrogen-bond donors (Lipinski definition) is 1. The third kappa shape index (κ3) is 2.70. The van der Waals surface area contributed by atoms with E-state index in [2.05, 4.69) is 0 Å². The van der Waals surface area contributed by atoms with Crippen LogP contribution in [0.5, 0.6) is 11.5 Å². The highest BCUT2D eigenvalue weighted by Crippen LogP contribution is 2.30. The van der Waals surface area contributed by atoms with Gasteiger partial charge in [0.15, 0.2) is 0 Å². The van der Waals surface area contributed by atoms with Crippen LogP contribution in [0.4, 0.5) is 11.4 Å². The fourth-order valence-corrected chi connectivity index (χ4v) is 1.51. The summed E-state index contributed by atoms with van der Waals surface area (Å²) in [4.78, 5) is 10.2. The van der Waals surface area contributed by atoms with E-state index in [0.29, 0.717) is 16.5 Å². The predicted molar refractivity (Wildman–Crippen MR) is 69.0 cm³/mol. The van der Waals surface area contributed by atoms with Crippen molar-refractivity contribution in [2.24, 2.45) is 0 Å². The number of nitrogens with zero attached hydrogens (tertiary/aromatic N) is 1. The molecule has 5 nitrogen and oxygen atoms in total. The molecule has 0 unspecified atom stereocenters. The summed E-state index contributed by atoms with van der Waals surface area (Å²) in [5.74, 6) is 0.886. The molecule has 0 amide bonds. The van der Waals surface area contributed by atoms with Gasteiger partial charge in [-0.3, -0.25) is 10.1 Å². The van der Waals surface area contributed by atoms with Crippen LogP contribution in [0.25, 0.3) is 0 Å². The Morgan fingerprint density at radius 1 is 1.11 bits per heavy atom. The van der Waals surface area contributed by atoms with E-state index in [1.165, 1.54) is 12.1 Å². The van der Waals surface area contributed by atoms with Crippen LogP contribution in [-0.2, 0) is 0 Å². The molecular formula is C12H9ClN2O3. The number of ether oxygens (including phenoxy) is 1. The largest absolute Gasteiger partial charge is 0.457 e. The summed E-state index contributed by atoms with van der Waals surface area (Å²) in [6, 6.07) is 11.0. The topological polar surface area (TPSA) is 78.4 Å². The van der Waals surface area contributed by atoms with E-state index in [-0.39, 0.29) is 11.4 Å². The van der Waals surface area contributed by atoms with E-state index >= 15 is 0 Å². The maximum Gasteiger partial charge on any atom is 0.295 e. The zero-order valence-corrected chi connectivity index (χ0v) is 9.92. The number of halogens is 1. The highest BCUT2D eigenvalue weighted by Gasteiger charge is 2.12. The Balaban J connectivity index is 2.27. The van der Waals surface area contributed by atoms with Crippen molar-refractivity contribution in [1.29, 1.82) is 0 Å². The van der Waals surface area contributed by atoms with Crippen LogP contribution in [0.2, 0.25) is 5.02 Å². The summed E-state index contributed by atoms with van der Waals surface area (Å²) in [7, 11) is 0. The van der Waals surface area contributed by atoms with Gasteiger partial charge in [0.1, 0.15) is 17.2 Å². The van der Waals surface area contributed by atoms with E-state index in [9.17, 15) is 10.1 Å². The van der Waals surface area contributed by atoms with Gasteiger partial charge in [0.2, 0.25) is 0 Å². The van der Waals surface area contributed by atoms with Gasteiger partial charge in [0.05, 0.1) is 11.0 Å². The number of nitrogen functional groups attached to an aromatic ring is 1. The first-order valence-corrected chi connectivity index (χ1v) is 5.41. The van der Waals surface area contributed by atoms with Gasteiger partial charge in [-0.05, 0) is 36.4 Å². The van der Waals surface area contributed by atoms with Crippen molar-refractivity contribution in [1.82, 2.24) is 0 Å². The van der Waals surface area contributed by atoms with Crippen LogP contribution in [0.1, 0.15) is 0 Å². The monoisotopic (exact) mass is 264 g/mol. The Kier molecular flexibility index (Phi) is 3.34. The molecule has 6 heteroatoms. The fraction of sp³-hybridized carbons (Fsp3) is 0. The van der Waals surface area contributed by atoms with Gasteiger partial charge in [-0.15, -0.1) is 0 Å². The molecule has 0 aliphatic heterocycles. The van der Waals surface area contributed by atoms with Gasteiger partial charge in [-0.25, -0.2) is 0 Å². The average Bonchev–Trinajstić information content (AvgIpc) is 2.34. The van der Waals surface area contributed by atoms with Gasteiger partial charge < -0.3 is 10.5 Å². The minimum atomic E-state index is -0.552. The second-order valence-corrected chi connectivity index (χ2v) is 3.97. The smallest absolute Gasteiger partial charge is 0.295 e. The second-order valence-electron chi connectivity index (χ2n) is 3.53. The molecule has 0 aliphatic rings. The second kappa shape index (κ2) is 4.93. The van der Waals surface area contributed by atoms with Crippen molar-refractivity contribution < 1.29 is 9.66 Å². The molecule has 0 aliphatic carbocycles. The molecule has 0 spiro atoms. The highest BCUT2D eigenvalue weighted by molar-refractivity contribution is 6.30. The molecule has 0 saturated heterocycles. The lowest BCUT2D eigenvalue weighted by Gasteiger charge is -2.06. The maximum atomic E-state index is 10.7. The number of nitro benzene ring substituents is 1. The fourth-order valence-electron chi connectivity index (χ4n) is 1.38. The van der Waals surface area contributed by atoms with Crippen LogP contribution in [0.15, 0.2) is 42.5 Å². The molecule has 0 radical (unpaired) electrons. The summed E-state index contributed by atoms with van der Waals surface area (Å²) in [6.07, 6.45) is 0. The van der Waals surface area contributed by atoms with Gasteiger partial charge in [-0.2, -0.15) is 0 Å². The first kappa shape index (κ1) is 12.2. The number of anilines is 1. The summed E-state index contributed by atoms with van der Waals surface area (Å²) >= 11 is 5.74. The first-order chi connectivity index (χ1) is 8.56. The lowest BCUT2D eigenvalue weighted by molar-refractivity contribution is -0.384. The van der Waals surface area contributed by atoms with Crippen LogP contribution in [0.3, 0.4) is 0 Å². The zero-order valence-electron chi connectivity index (χ0n) is 9.17. The molecule has 2 N–H and O–H groups in total. The van der Waals surface area contributed by atoms with Crippen molar-refractivity contribution >= 4 is 23.0 Å². The van der Waals surface area contributed by atoms with Gasteiger partial charge >= 0.3 is 0 Å². The molecule has 18 heavy (non-hydrogen) atoms. The van der Waals surface area contributed by atoms with Crippen LogP contribution in [-0.4, -0.2) is 4.92 Å². The van der Waals surface area contributed by atoms with E-state index in [1.54, 1.807) is 30.3 Å². The minimum absolute atomic E-state index is 0.100. The quantitative estimate of drug-likeness (QED) is 0.522. The Hall–Kier alpha value is -2.27. The number of benzene rings is 2. The highest BCUT2D eigenvalue weighted by atomic mass is 35.5. The lowest BCUT2D eigenvalue weighted by atomic mass is 10.2. The van der Waals surface area contributed by atoms with Gasteiger partial charge in [0, 0.05) is 5.02 Å². The Bertz CT molecular complexity index is 584. The molecule has 0 aromatic heterocycles. The lowest BCUT2D eigenvalue weighted by Crippen LogP contribution is -1.96. The third-order valence-corrected chi connectivity index (χ3v) is 2.50. The van der Waals surface area contributed by atoms with Crippen LogP contribution < -0.4 is 10.5 Å². The number of nitro groups is 1. The summed E-state index contributed by atoms with van der Waals surface area (Å²) < 4.78 is 5.46. The van der Waals surface area contributed by atoms with Gasteiger partial charge in [0.25, 0.3) is 5.69 Å². The summed E-state index contributed by atoms with van der Waals surface area (Å²) in [6.45, 7) is 0. The molecule has 0 bridgehead atoms. The summed E-state index contributed by atoms with van der Waals surface area (Å²) in [5.41, 5.74) is 5.41. The van der Waals surface area contributed by atoms with Crippen LogP contribution in [0, 0.1) is 10.1 Å². The molecule has 0 heterocycles. The molecule has 0 fully saturated rings. The Morgan fingerprint density at radius 2 is 1.72 bits per heavy atom. The number of nitrogens with two attached hydrogens (primary N) is 1. The predicted octanol–water partition coefficient (Wildman–Crippen LogP) is 3.62. The van der Waals surface area contributed by atoms with E-state index < -0.39 is 4.92 Å². The Labute approximate surface area is 108 Å². The van der Waals surface area contributed by atoms with Crippen molar-refractivity contribution in [3.63, 3.8) is 0 Å². The van der Waals surface area contributed by atoms with Crippen molar-refractivity contribution in [2.75, 3.05) is 5.73 Å². The minimum Gasteiger partial charge on any atom is -0.457 e. The van der Waals surface area contributed by atoms with E-state index in [0.717, 1.165) is 0 Å².